The first-order valence-electron chi connectivity index (χ1n) is 3.22. The fraction of sp³-hybridized carbons (Fsp3) is 0.143. The highest BCUT2D eigenvalue weighted by molar-refractivity contribution is 5.85. The van der Waals surface area contributed by atoms with Crippen LogP contribution >= 0.6 is 12.4 Å². The van der Waals surface area contributed by atoms with Gasteiger partial charge in [-0.2, -0.15) is 0 Å². The van der Waals surface area contributed by atoms with Crippen molar-refractivity contribution < 1.29 is 15.1 Å². The maximum absolute atomic E-state index is 10.2. The fourth-order valence-corrected chi connectivity index (χ4v) is 0.812. The van der Waals surface area contributed by atoms with E-state index in [1.54, 1.807) is 0 Å². The highest BCUT2D eigenvalue weighted by Crippen LogP contribution is 2.22. The van der Waals surface area contributed by atoms with E-state index in [2.05, 4.69) is 0 Å². The van der Waals surface area contributed by atoms with E-state index in [0.29, 0.717) is 0 Å². The molecule has 0 atom stereocenters. The lowest BCUT2D eigenvalue weighted by atomic mass is 10.2. The van der Waals surface area contributed by atoms with Gasteiger partial charge in [0.05, 0.1) is 11.5 Å². The molecule has 0 aromatic heterocycles. The SMILES string of the molecule is Cl.O=[N+]([O-])c1ccc(O)c(CO)c1. The lowest BCUT2D eigenvalue weighted by Crippen LogP contribution is -1.90. The van der Waals surface area contributed by atoms with Crippen molar-refractivity contribution in [2.45, 2.75) is 6.61 Å². The minimum absolute atomic E-state index is 0. The normalized spacial score (nSPS) is 9.00. The molecule has 72 valence electrons. The predicted octanol–water partition coefficient (Wildman–Crippen LogP) is 1.21. The molecule has 0 saturated carbocycles. The summed E-state index contributed by atoms with van der Waals surface area (Å²) < 4.78 is 0. The van der Waals surface area contributed by atoms with E-state index in [1.165, 1.54) is 12.1 Å². The van der Waals surface area contributed by atoms with Crippen LogP contribution in [0.25, 0.3) is 0 Å². The van der Waals surface area contributed by atoms with Crippen LogP contribution in [0.15, 0.2) is 18.2 Å². The van der Waals surface area contributed by atoms with Crippen molar-refractivity contribution in [2.75, 3.05) is 0 Å². The zero-order valence-electron chi connectivity index (χ0n) is 6.51. The molecule has 0 aliphatic rings. The lowest BCUT2D eigenvalue weighted by Gasteiger charge is -1.98. The van der Waals surface area contributed by atoms with Crippen LogP contribution in [0, 0.1) is 10.1 Å². The quantitative estimate of drug-likeness (QED) is 0.562. The third kappa shape index (κ3) is 2.57. The number of halogens is 1. The second-order valence-electron chi connectivity index (χ2n) is 2.23. The Morgan fingerprint density at radius 3 is 2.54 bits per heavy atom. The number of phenols is 1. The monoisotopic (exact) mass is 205 g/mol. The molecule has 13 heavy (non-hydrogen) atoms. The Hall–Kier alpha value is -1.33. The van der Waals surface area contributed by atoms with Gasteiger partial charge in [0.15, 0.2) is 0 Å². The summed E-state index contributed by atoms with van der Waals surface area (Å²) in [6, 6.07) is 3.49. The van der Waals surface area contributed by atoms with Crippen LogP contribution < -0.4 is 0 Å². The van der Waals surface area contributed by atoms with Gasteiger partial charge >= 0.3 is 0 Å². The minimum atomic E-state index is -0.585. The zero-order valence-corrected chi connectivity index (χ0v) is 7.32. The van der Waals surface area contributed by atoms with Gasteiger partial charge < -0.3 is 10.2 Å². The Bertz CT molecular complexity index is 315. The van der Waals surface area contributed by atoms with Crippen LogP contribution in [0.2, 0.25) is 0 Å². The molecule has 2 N–H and O–H groups in total. The molecule has 0 heterocycles. The van der Waals surface area contributed by atoms with Gasteiger partial charge in [-0.3, -0.25) is 10.1 Å². The number of non-ortho nitro benzene ring substituents is 1. The third-order valence-corrected chi connectivity index (χ3v) is 1.44. The van der Waals surface area contributed by atoms with Crippen molar-refractivity contribution in [3.8, 4) is 5.75 Å². The van der Waals surface area contributed by atoms with Crippen LogP contribution in [0.5, 0.6) is 5.75 Å². The molecule has 0 fully saturated rings. The van der Waals surface area contributed by atoms with Crippen molar-refractivity contribution in [1.82, 2.24) is 0 Å². The van der Waals surface area contributed by atoms with Gasteiger partial charge in [-0.15, -0.1) is 12.4 Å². The van der Waals surface area contributed by atoms with E-state index in [4.69, 9.17) is 10.2 Å². The molecule has 1 aromatic rings. The Morgan fingerprint density at radius 1 is 1.46 bits per heavy atom. The van der Waals surface area contributed by atoms with Crippen molar-refractivity contribution in [3.63, 3.8) is 0 Å². The summed E-state index contributed by atoms with van der Waals surface area (Å²) in [5, 5.41) is 27.9. The number of aliphatic hydroxyl groups excluding tert-OH is 1. The molecule has 0 amide bonds. The number of hydrogen-bond donors (Lipinski definition) is 2. The average molecular weight is 206 g/mol. The molecule has 0 aliphatic carbocycles. The summed E-state index contributed by atoms with van der Waals surface area (Å²) in [7, 11) is 0. The summed E-state index contributed by atoms with van der Waals surface area (Å²) in [5.41, 5.74) is 0.0149. The van der Waals surface area contributed by atoms with Crippen molar-refractivity contribution >= 4 is 18.1 Å². The van der Waals surface area contributed by atoms with E-state index < -0.39 is 11.5 Å². The van der Waals surface area contributed by atoms with E-state index in [9.17, 15) is 10.1 Å². The molecule has 0 spiro atoms. The van der Waals surface area contributed by atoms with E-state index in [0.717, 1.165) is 6.07 Å². The molecule has 0 unspecified atom stereocenters. The van der Waals surface area contributed by atoms with E-state index in [1.807, 2.05) is 0 Å². The van der Waals surface area contributed by atoms with Gasteiger partial charge in [0.1, 0.15) is 5.75 Å². The van der Waals surface area contributed by atoms with Crippen LogP contribution in [0.3, 0.4) is 0 Å². The fourth-order valence-electron chi connectivity index (χ4n) is 0.812. The number of rotatable bonds is 2. The first-order valence-corrected chi connectivity index (χ1v) is 3.22. The molecule has 0 saturated heterocycles. The van der Waals surface area contributed by atoms with Crippen LogP contribution in [0.1, 0.15) is 5.56 Å². The smallest absolute Gasteiger partial charge is 0.270 e. The minimum Gasteiger partial charge on any atom is -0.508 e. The molecule has 5 nitrogen and oxygen atoms in total. The topological polar surface area (TPSA) is 83.6 Å². The first-order chi connectivity index (χ1) is 5.65. The number of benzene rings is 1. The van der Waals surface area contributed by atoms with Gasteiger partial charge in [-0.25, -0.2) is 0 Å². The first kappa shape index (κ1) is 11.7. The largest absolute Gasteiger partial charge is 0.508 e. The Morgan fingerprint density at radius 2 is 2.08 bits per heavy atom. The highest BCUT2D eigenvalue weighted by atomic mass is 35.5. The number of nitro benzene ring substituents is 1. The van der Waals surface area contributed by atoms with Crippen molar-refractivity contribution in [2.24, 2.45) is 0 Å². The molecule has 6 heteroatoms. The van der Waals surface area contributed by atoms with Crippen molar-refractivity contribution in [3.05, 3.63) is 33.9 Å². The van der Waals surface area contributed by atoms with Gasteiger partial charge in [0, 0.05) is 17.7 Å². The van der Waals surface area contributed by atoms with Crippen LogP contribution in [-0.2, 0) is 6.61 Å². The molecule has 1 aromatic carbocycles. The third-order valence-electron chi connectivity index (χ3n) is 1.44. The standard InChI is InChI=1S/C7H7NO4.ClH/c9-4-5-3-6(8(11)12)1-2-7(5)10;/h1-3,9-10H,4H2;1H. The molecule has 1 rings (SSSR count). The second-order valence-corrected chi connectivity index (χ2v) is 2.23. The summed E-state index contributed by atoms with van der Waals surface area (Å²) in [4.78, 5) is 9.64. The molecular formula is C7H8ClNO4. The van der Waals surface area contributed by atoms with Crippen molar-refractivity contribution in [1.29, 1.82) is 0 Å². The lowest BCUT2D eigenvalue weighted by molar-refractivity contribution is -0.385. The average Bonchev–Trinajstić information content (AvgIpc) is 2.05. The van der Waals surface area contributed by atoms with Crippen LogP contribution in [-0.4, -0.2) is 15.1 Å². The van der Waals surface area contributed by atoms with Gasteiger partial charge in [-0.05, 0) is 6.07 Å². The summed E-state index contributed by atoms with van der Waals surface area (Å²) in [6.45, 7) is -0.409. The van der Waals surface area contributed by atoms with Gasteiger partial charge in [0.25, 0.3) is 5.69 Å². The zero-order chi connectivity index (χ0) is 9.14. The summed E-state index contributed by atoms with van der Waals surface area (Å²) >= 11 is 0. The molecular weight excluding hydrogens is 198 g/mol. The number of hydrogen-bond acceptors (Lipinski definition) is 4. The molecule has 0 bridgehead atoms. The van der Waals surface area contributed by atoms with Gasteiger partial charge in [0.2, 0.25) is 0 Å². The number of aliphatic hydroxyl groups is 1. The summed E-state index contributed by atoms with van der Waals surface area (Å²) in [6.07, 6.45) is 0. The summed E-state index contributed by atoms with van der Waals surface area (Å²) in [5.74, 6) is -0.136. The Labute approximate surface area is 80.2 Å². The maximum Gasteiger partial charge on any atom is 0.270 e. The van der Waals surface area contributed by atoms with Gasteiger partial charge in [-0.1, -0.05) is 0 Å². The number of nitrogens with zero attached hydrogens (tertiary/aromatic N) is 1. The van der Waals surface area contributed by atoms with Crippen LogP contribution in [0.4, 0.5) is 5.69 Å². The van der Waals surface area contributed by atoms with E-state index in [-0.39, 0.29) is 29.4 Å². The molecule has 0 aliphatic heterocycles. The second kappa shape index (κ2) is 4.64. The number of aromatic hydroxyl groups is 1. The Balaban J connectivity index is 0.00000144. The predicted molar refractivity (Wildman–Crippen MR) is 47.9 cm³/mol. The highest BCUT2D eigenvalue weighted by Gasteiger charge is 2.08. The number of nitro groups is 1. The maximum atomic E-state index is 10.2. The van der Waals surface area contributed by atoms with E-state index >= 15 is 0 Å². The molecule has 0 radical (unpaired) electrons. The Kier molecular flexibility index (Phi) is 4.16.